The normalized spacial score (nSPS) is 27.5. The van der Waals surface area contributed by atoms with Gasteiger partial charge in [0.2, 0.25) is 0 Å². The van der Waals surface area contributed by atoms with Crippen molar-refractivity contribution in [3.05, 3.63) is 38.1 Å². The van der Waals surface area contributed by atoms with Crippen molar-refractivity contribution in [2.75, 3.05) is 6.61 Å². The Morgan fingerprint density at radius 1 is 0.638 bits per heavy atom. The number of ether oxygens (including phenoxy) is 2. The summed E-state index contributed by atoms with van der Waals surface area (Å²) in [4.78, 5) is 0. The Bertz CT molecular complexity index is 991. The first-order valence-corrected chi connectivity index (χ1v) is 25.3. The van der Waals surface area contributed by atoms with E-state index < -0.39 is 0 Å². The van der Waals surface area contributed by atoms with Crippen LogP contribution in [-0.4, -0.2) is 12.7 Å². The zero-order valence-electron chi connectivity index (χ0n) is 42.8. The third-order valence-corrected chi connectivity index (χ3v) is 13.5. The van der Waals surface area contributed by atoms with Gasteiger partial charge in [-0.15, -0.1) is 0 Å². The Labute approximate surface area is 391 Å². The van der Waals surface area contributed by atoms with Crippen LogP contribution in [0.1, 0.15) is 221 Å². The first kappa shape index (κ1) is 62.2. The van der Waals surface area contributed by atoms with Crippen LogP contribution in [0, 0.1) is 115 Å². The van der Waals surface area contributed by atoms with Gasteiger partial charge < -0.3 is 23.3 Å². The van der Waals surface area contributed by atoms with Gasteiger partial charge in [-0.25, -0.2) is 6.42 Å². The minimum absolute atomic E-state index is 0. The first-order valence-electron chi connectivity index (χ1n) is 25.3. The summed E-state index contributed by atoms with van der Waals surface area (Å²) in [7, 11) is 0. The van der Waals surface area contributed by atoms with Crippen LogP contribution in [0.3, 0.4) is 0 Å². The summed E-state index contributed by atoms with van der Waals surface area (Å²) in [6, 6.07) is 7.80. The van der Waals surface area contributed by atoms with Gasteiger partial charge in [-0.2, -0.15) is 5.92 Å². The molecule has 8 rings (SSSR count). The van der Waals surface area contributed by atoms with Crippen molar-refractivity contribution in [3.63, 3.8) is 0 Å². The maximum Gasteiger partial charge on any atom is 2.00 e. The predicted molar refractivity (Wildman–Crippen MR) is 259 cm³/mol. The smallest absolute Gasteiger partial charge is 0.486 e. The summed E-state index contributed by atoms with van der Waals surface area (Å²) in [6.07, 6.45) is 22.4. The number of unbranched alkanes of at least 4 members (excludes halogenated alkanes) is 3. The minimum Gasteiger partial charge on any atom is -0.486 e. The zero-order chi connectivity index (χ0) is 44.1. The van der Waals surface area contributed by atoms with Crippen LogP contribution >= 0.6 is 0 Å². The fourth-order valence-corrected chi connectivity index (χ4v) is 10.2. The quantitative estimate of drug-likeness (QED) is 0.191. The number of hydrogen-bond donors (Lipinski definition) is 0. The van der Waals surface area contributed by atoms with Gasteiger partial charge in [0.15, 0.2) is 11.5 Å². The molecular weight excluding hydrogens is 931 g/mol. The van der Waals surface area contributed by atoms with E-state index in [0.717, 1.165) is 70.7 Å². The molecule has 0 radical (unpaired) electrons. The third kappa shape index (κ3) is 22.3. The van der Waals surface area contributed by atoms with Gasteiger partial charge in [-0.05, 0) is 129 Å². The molecule has 1 heterocycles. The molecule has 1 aromatic rings. The van der Waals surface area contributed by atoms with Gasteiger partial charge in [0.25, 0.3) is 0 Å². The van der Waals surface area contributed by atoms with E-state index in [4.69, 9.17) is 9.47 Å². The summed E-state index contributed by atoms with van der Waals surface area (Å²) < 4.78 is 11.3. The fraction of sp³-hybridized carbons (Fsp3) is 0.855. The van der Waals surface area contributed by atoms with Gasteiger partial charge in [-0.1, -0.05) is 175 Å². The van der Waals surface area contributed by atoms with Crippen molar-refractivity contribution in [1.82, 2.24) is 0 Å². The molecule has 6 bridgehead atoms. The molecule has 2 nitrogen and oxygen atoms in total. The van der Waals surface area contributed by atoms with Crippen molar-refractivity contribution in [1.29, 1.82) is 0 Å². The van der Waals surface area contributed by atoms with E-state index in [1.54, 1.807) is 64.2 Å². The Kier molecular flexibility index (Phi) is 39.0. The summed E-state index contributed by atoms with van der Waals surface area (Å²) >= 11 is 0. The van der Waals surface area contributed by atoms with Crippen molar-refractivity contribution < 1.29 is 40.6 Å². The Morgan fingerprint density at radius 3 is 1.40 bits per heavy atom. The Balaban J connectivity index is -0.000000637. The standard InChI is InChI=1S/C13H22.C11H14O2.C10H18.C7H14.C6H14.4C2H6.U/c1-9(2)13-6-10-3-11(7-13)5-12(4-10)8-13;1-8(2)11-7-12-9-5-3-4-6-10(9)13-11;1-7(2)10-6-8-3-4-9(10)5-8;1-5-7(4)6(2)3;1-3-5-6-4-2;4*1-2;/h9-12H,3-8H2,1-2H3;3-6,8,11H,7H2,1-2H3;7-10H,3-6H2,1-2H3;6-7H,1,4-5H2,2-3H3;3-6H2,1-2H3;4*1-2H3;/q;;;-2;;;;;;+2. The van der Waals surface area contributed by atoms with Crippen LogP contribution in [0.4, 0.5) is 0 Å². The second-order valence-corrected chi connectivity index (χ2v) is 18.7. The average Bonchev–Trinajstić information content (AvgIpc) is 3.88. The van der Waals surface area contributed by atoms with Gasteiger partial charge in [0.1, 0.15) is 12.7 Å². The molecule has 3 heteroatoms. The summed E-state index contributed by atoms with van der Waals surface area (Å²) in [5.74, 6) is 12.1. The van der Waals surface area contributed by atoms with Gasteiger partial charge in [-0.3, -0.25) is 0 Å². The van der Waals surface area contributed by atoms with E-state index in [1.807, 2.05) is 79.7 Å². The fourth-order valence-electron chi connectivity index (χ4n) is 10.2. The van der Waals surface area contributed by atoms with Crippen LogP contribution in [0.25, 0.3) is 0 Å². The molecule has 6 saturated carbocycles. The molecule has 6 aliphatic carbocycles. The molecule has 0 saturated heterocycles. The monoisotopic (exact) mass is 1040 g/mol. The maximum absolute atomic E-state index is 5.77. The minimum atomic E-state index is 0. The summed E-state index contributed by atoms with van der Waals surface area (Å²) in [5, 5.41) is 0. The number of para-hydroxylation sites is 2. The van der Waals surface area contributed by atoms with Gasteiger partial charge in [0, 0.05) is 0 Å². The molecule has 5 atom stereocenters. The van der Waals surface area contributed by atoms with Crippen LogP contribution in [0.15, 0.2) is 24.3 Å². The molecule has 342 valence electrons. The van der Waals surface area contributed by atoms with Gasteiger partial charge >= 0.3 is 31.1 Å². The number of fused-ring (bicyclic) bond motifs is 3. The number of hydrogen-bond acceptors (Lipinski definition) is 2. The van der Waals surface area contributed by atoms with Crippen molar-refractivity contribution in [2.24, 2.45) is 70.5 Å². The topological polar surface area (TPSA) is 18.5 Å². The molecule has 0 amide bonds. The van der Waals surface area contributed by atoms with E-state index in [2.05, 4.69) is 83.1 Å². The second-order valence-electron chi connectivity index (χ2n) is 18.7. The molecule has 0 N–H and O–H groups in total. The van der Waals surface area contributed by atoms with Crippen molar-refractivity contribution in [2.45, 2.75) is 227 Å². The average molecular weight is 1040 g/mol. The predicted octanol–water partition coefficient (Wildman–Crippen LogP) is 18.4. The van der Waals surface area contributed by atoms with E-state index in [0.29, 0.717) is 24.4 Å². The number of benzene rings is 1. The molecule has 1 aliphatic heterocycles. The van der Waals surface area contributed by atoms with Crippen LogP contribution in [0.5, 0.6) is 11.5 Å². The SMILES string of the molecule is CC.CC.CC.CC.CC(C)C12CC3CC(CC(C3)C1)C2.CC(C)C1CC2CCC1C2.CC(C)C1COc2ccccc2O1.CCCCCC.[CH2-]CC([CH2-])C(C)C.[U+2]. The van der Waals surface area contributed by atoms with Crippen LogP contribution in [-0.2, 0) is 0 Å². The van der Waals surface area contributed by atoms with E-state index in [1.165, 1.54) is 25.7 Å². The van der Waals surface area contributed by atoms with Crippen LogP contribution < -0.4 is 9.47 Å². The van der Waals surface area contributed by atoms with Crippen molar-refractivity contribution in [3.8, 4) is 11.5 Å². The molecule has 0 spiro atoms. The molecule has 0 aromatic heterocycles. The van der Waals surface area contributed by atoms with E-state index >= 15 is 0 Å². The largest absolute Gasteiger partial charge is 2.00 e. The van der Waals surface area contributed by atoms with Crippen molar-refractivity contribution >= 4 is 0 Å². The molecular formula is C55H106O2U. The zero-order valence-corrected chi connectivity index (χ0v) is 46.9. The molecule has 6 fully saturated rings. The summed E-state index contributed by atoms with van der Waals surface area (Å²) in [5.41, 5.74) is 0.800. The molecule has 58 heavy (non-hydrogen) atoms. The second kappa shape index (κ2) is 36.4. The van der Waals surface area contributed by atoms with E-state index in [-0.39, 0.29) is 37.2 Å². The third-order valence-electron chi connectivity index (χ3n) is 13.5. The number of rotatable bonds is 8. The Hall–Kier alpha value is -0.128. The molecule has 1 aromatic carbocycles. The first-order chi connectivity index (χ1) is 27.3. The molecule has 7 aliphatic rings. The van der Waals surface area contributed by atoms with E-state index in [9.17, 15) is 0 Å². The van der Waals surface area contributed by atoms with Gasteiger partial charge in [0.05, 0.1) is 0 Å². The maximum atomic E-state index is 5.77. The Morgan fingerprint density at radius 2 is 1.10 bits per heavy atom. The van der Waals surface area contributed by atoms with Crippen LogP contribution in [0.2, 0.25) is 0 Å². The summed E-state index contributed by atoms with van der Waals surface area (Å²) in [6.45, 7) is 47.1. The molecule has 5 unspecified atom stereocenters.